The van der Waals surface area contributed by atoms with E-state index in [4.69, 9.17) is 16.7 Å². The third-order valence-electron chi connectivity index (χ3n) is 3.94. The Morgan fingerprint density at radius 1 is 1.18 bits per heavy atom. The molecule has 1 aliphatic rings. The van der Waals surface area contributed by atoms with Crippen LogP contribution in [0.1, 0.15) is 23.5 Å². The molecule has 0 bridgehead atoms. The number of ether oxygens (including phenoxy) is 2. The highest BCUT2D eigenvalue weighted by atomic mass is 31.1. The maximum Gasteiger partial charge on any atom is 0.0845 e. The lowest BCUT2D eigenvalue weighted by molar-refractivity contribution is -0.160. The molecule has 1 fully saturated rings. The topological polar surface area (TPSA) is 27.7 Å². The first kappa shape index (κ1) is 12.3. The third-order valence-corrected chi connectivity index (χ3v) is 4.60. The van der Waals surface area contributed by atoms with Gasteiger partial charge in [-0.05, 0) is 31.1 Å². The standard InChI is InChI=1S/C13H27O3P/c1-9-10(2)12(7-14-4)16-13(11(9)3)8-15-17(5)6/h9-13H,7-8H2,1-6H3/t9-,10-,11-,12-,13+/m1/s1/i4TD/t4?,9-,10-,11-,12-,13+. The summed E-state index contributed by atoms with van der Waals surface area (Å²) in [6.45, 7) is 11.7. The summed E-state index contributed by atoms with van der Waals surface area (Å²) >= 11 is 0. The first-order valence-electron chi connectivity index (χ1n) is 7.40. The van der Waals surface area contributed by atoms with Crippen LogP contribution in [0.15, 0.2) is 0 Å². The minimum absolute atomic E-state index is 0.0436. The summed E-state index contributed by atoms with van der Waals surface area (Å²) in [6, 6.07) is 0. The van der Waals surface area contributed by atoms with Crippen LogP contribution < -0.4 is 0 Å². The monoisotopic (exact) mass is 265 g/mol. The van der Waals surface area contributed by atoms with Crippen LogP contribution in [0, 0.1) is 17.8 Å². The molecule has 0 aromatic rings. The minimum Gasteiger partial charge on any atom is -0.382 e. The Labute approximate surface area is 110 Å². The molecule has 0 radical (unpaired) electrons. The fourth-order valence-electron chi connectivity index (χ4n) is 2.33. The predicted octanol–water partition coefficient (Wildman–Crippen LogP) is 2.98. The molecule has 0 N–H and O–H groups in total. The Bertz CT molecular complexity index is 242. The molecule has 1 unspecified atom stereocenters. The number of rotatable bonds is 5. The summed E-state index contributed by atoms with van der Waals surface area (Å²) in [4.78, 5) is 0. The van der Waals surface area contributed by atoms with E-state index in [1.165, 1.54) is 0 Å². The van der Waals surface area contributed by atoms with Crippen molar-refractivity contribution in [1.29, 1.82) is 0 Å². The summed E-state index contributed by atoms with van der Waals surface area (Å²) in [5.41, 5.74) is 0. The molecular formula is C13H27O3P. The molecule has 0 amide bonds. The van der Waals surface area contributed by atoms with Gasteiger partial charge in [0.05, 0.1) is 28.2 Å². The molecule has 6 atom stereocenters. The van der Waals surface area contributed by atoms with E-state index in [1.54, 1.807) is 0 Å². The lowest BCUT2D eigenvalue weighted by Gasteiger charge is -2.43. The second kappa shape index (κ2) is 7.04. The van der Waals surface area contributed by atoms with E-state index in [9.17, 15) is 0 Å². The van der Waals surface area contributed by atoms with Gasteiger partial charge in [-0.3, -0.25) is 0 Å². The van der Waals surface area contributed by atoms with Gasteiger partial charge in [-0.1, -0.05) is 20.8 Å². The summed E-state index contributed by atoms with van der Waals surface area (Å²) in [7, 11) is -1.61. The minimum atomic E-state index is -1.24. The van der Waals surface area contributed by atoms with Crippen LogP contribution in [0.4, 0.5) is 0 Å². The van der Waals surface area contributed by atoms with Gasteiger partial charge in [0, 0.05) is 15.2 Å². The molecule has 3 nitrogen and oxygen atoms in total. The Balaban J connectivity index is 2.57. The summed E-state index contributed by atoms with van der Waals surface area (Å²) < 4.78 is 31.1. The van der Waals surface area contributed by atoms with E-state index in [0.717, 1.165) is 0 Å². The average Bonchev–Trinajstić information content (AvgIpc) is 2.33. The van der Waals surface area contributed by atoms with Crippen molar-refractivity contribution in [2.24, 2.45) is 17.8 Å². The van der Waals surface area contributed by atoms with Gasteiger partial charge >= 0.3 is 0 Å². The molecule has 1 aliphatic heterocycles. The van der Waals surface area contributed by atoms with Gasteiger partial charge in [0.15, 0.2) is 0 Å². The Kier molecular flexibility index (Phi) is 5.11. The van der Waals surface area contributed by atoms with Gasteiger partial charge in [-0.2, -0.15) is 0 Å². The van der Waals surface area contributed by atoms with E-state index in [2.05, 4.69) is 34.1 Å². The Hall–Kier alpha value is 0.310. The predicted molar refractivity (Wildman–Crippen MR) is 72.7 cm³/mol. The average molecular weight is 265 g/mol. The van der Waals surface area contributed by atoms with Crippen molar-refractivity contribution in [1.82, 2.24) is 0 Å². The molecule has 1 heterocycles. The summed E-state index contributed by atoms with van der Waals surface area (Å²) in [5, 5.41) is 0. The zero-order chi connectivity index (χ0) is 14.6. The Morgan fingerprint density at radius 3 is 2.29 bits per heavy atom. The number of hydrogen-bond donors (Lipinski definition) is 0. The van der Waals surface area contributed by atoms with Gasteiger partial charge in [0.2, 0.25) is 0 Å². The zero-order valence-corrected chi connectivity index (χ0v) is 12.4. The lowest BCUT2D eigenvalue weighted by atomic mass is 9.77. The molecule has 0 spiro atoms. The number of methoxy groups -OCH3 is 1. The van der Waals surface area contributed by atoms with E-state index >= 15 is 0 Å². The lowest BCUT2D eigenvalue weighted by Crippen LogP contribution is -2.48. The van der Waals surface area contributed by atoms with Gasteiger partial charge in [-0.25, -0.2) is 0 Å². The SMILES string of the molecule is [2H]C([3H])OC[C@H]1O[C@@H](COP(C)C)[C@H](C)[C@H](C)[C@H]1C. The summed E-state index contributed by atoms with van der Waals surface area (Å²) in [5.74, 6) is 1.34. The normalized spacial score (nSPS) is 42.1. The highest BCUT2D eigenvalue weighted by Crippen LogP contribution is 2.37. The quantitative estimate of drug-likeness (QED) is 0.715. The van der Waals surface area contributed by atoms with Gasteiger partial charge < -0.3 is 14.0 Å². The Morgan fingerprint density at radius 2 is 1.76 bits per heavy atom. The number of hydrogen-bond acceptors (Lipinski definition) is 3. The van der Waals surface area contributed by atoms with Crippen molar-refractivity contribution in [2.75, 3.05) is 33.6 Å². The highest BCUT2D eigenvalue weighted by molar-refractivity contribution is 7.50. The van der Waals surface area contributed by atoms with Gasteiger partial charge in [-0.15, -0.1) is 0 Å². The molecule has 0 saturated carbocycles. The van der Waals surface area contributed by atoms with Crippen molar-refractivity contribution in [3.8, 4) is 0 Å². The second-order valence-corrected chi connectivity index (χ2v) is 7.11. The highest BCUT2D eigenvalue weighted by Gasteiger charge is 2.38. The molecule has 4 heteroatoms. The van der Waals surface area contributed by atoms with Crippen LogP contribution in [-0.2, 0) is 14.0 Å². The van der Waals surface area contributed by atoms with Crippen LogP contribution in [0.3, 0.4) is 0 Å². The smallest absolute Gasteiger partial charge is 0.0845 e. The van der Waals surface area contributed by atoms with E-state index in [-0.39, 0.29) is 20.4 Å². The fraction of sp³-hybridized carbons (Fsp3) is 1.00. The maximum absolute atomic E-state index is 7.11. The summed E-state index contributed by atoms with van der Waals surface area (Å²) in [6.07, 6.45) is 0.0394. The molecule has 102 valence electrons. The van der Waals surface area contributed by atoms with Crippen LogP contribution in [-0.4, -0.2) is 45.8 Å². The molecule has 17 heavy (non-hydrogen) atoms. The van der Waals surface area contributed by atoms with Gasteiger partial charge in [0.25, 0.3) is 0 Å². The van der Waals surface area contributed by atoms with Crippen LogP contribution in [0.25, 0.3) is 0 Å². The van der Waals surface area contributed by atoms with E-state index in [0.29, 0.717) is 31.0 Å². The zero-order valence-electron chi connectivity index (χ0n) is 13.6. The largest absolute Gasteiger partial charge is 0.382 e. The van der Waals surface area contributed by atoms with Crippen molar-refractivity contribution in [3.63, 3.8) is 0 Å². The molecule has 0 aromatic carbocycles. The van der Waals surface area contributed by atoms with Crippen LogP contribution in [0.2, 0.25) is 0 Å². The molecule has 0 aliphatic carbocycles. The van der Waals surface area contributed by atoms with E-state index in [1.807, 2.05) is 0 Å². The first-order valence-corrected chi connectivity index (χ1v) is 8.40. The first-order chi connectivity index (χ1) is 8.82. The molecule has 0 aromatic heterocycles. The second-order valence-electron chi connectivity index (χ2n) is 5.23. The van der Waals surface area contributed by atoms with Gasteiger partial charge in [0.1, 0.15) is 0 Å². The van der Waals surface area contributed by atoms with Crippen LogP contribution >= 0.6 is 8.15 Å². The van der Waals surface area contributed by atoms with Crippen molar-refractivity contribution in [3.05, 3.63) is 0 Å². The maximum atomic E-state index is 7.11. The van der Waals surface area contributed by atoms with E-state index < -0.39 is 7.06 Å². The van der Waals surface area contributed by atoms with Crippen molar-refractivity contribution in [2.45, 2.75) is 33.0 Å². The molecular weight excluding hydrogens is 235 g/mol. The fourth-order valence-corrected chi connectivity index (χ4v) is 2.77. The third kappa shape index (κ3) is 4.17. The van der Waals surface area contributed by atoms with Crippen molar-refractivity contribution < 1.29 is 16.7 Å². The molecule has 1 saturated heterocycles. The molecule has 1 rings (SSSR count). The van der Waals surface area contributed by atoms with Crippen molar-refractivity contribution >= 4 is 8.15 Å². The van der Waals surface area contributed by atoms with Crippen LogP contribution in [0.5, 0.6) is 0 Å².